The summed E-state index contributed by atoms with van der Waals surface area (Å²) in [6, 6.07) is 15.1. The van der Waals surface area contributed by atoms with Crippen molar-refractivity contribution in [3.8, 4) is 11.3 Å². The van der Waals surface area contributed by atoms with Crippen LogP contribution in [0.25, 0.3) is 22.3 Å². The SMILES string of the molecule is O/N=c1/cc(-c2ccccc2)oc2ccc(F)cc12. The number of hydrogen-bond donors (Lipinski definition) is 1. The van der Waals surface area contributed by atoms with Gasteiger partial charge in [0.1, 0.15) is 22.5 Å². The van der Waals surface area contributed by atoms with Crippen molar-refractivity contribution in [2.45, 2.75) is 0 Å². The van der Waals surface area contributed by atoms with Crippen molar-refractivity contribution in [2.24, 2.45) is 5.16 Å². The lowest BCUT2D eigenvalue weighted by atomic mass is 10.1. The summed E-state index contributed by atoms with van der Waals surface area (Å²) in [5, 5.41) is 13.0. The fourth-order valence-corrected chi connectivity index (χ4v) is 1.97. The predicted octanol–water partition coefficient (Wildman–Crippen LogP) is 3.53. The summed E-state index contributed by atoms with van der Waals surface area (Å²) in [6.07, 6.45) is 0. The average Bonchev–Trinajstić information content (AvgIpc) is 2.47. The van der Waals surface area contributed by atoms with E-state index in [9.17, 15) is 4.39 Å². The predicted molar refractivity (Wildman–Crippen MR) is 69.0 cm³/mol. The summed E-state index contributed by atoms with van der Waals surface area (Å²) < 4.78 is 18.9. The lowest BCUT2D eigenvalue weighted by molar-refractivity contribution is 0.302. The second-order valence-electron chi connectivity index (χ2n) is 4.10. The van der Waals surface area contributed by atoms with Crippen molar-refractivity contribution in [2.75, 3.05) is 0 Å². The van der Waals surface area contributed by atoms with Crippen LogP contribution in [0.15, 0.2) is 64.2 Å². The maximum Gasteiger partial charge on any atom is 0.137 e. The van der Waals surface area contributed by atoms with Crippen LogP contribution in [0.1, 0.15) is 0 Å². The summed E-state index contributed by atoms with van der Waals surface area (Å²) in [7, 11) is 0. The molecule has 0 bridgehead atoms. The van der Waals surface area contributed by atoms with E-state index in [0.717, 1.165) is 5.56 Å². The van der Waals surface area contributed by atoms with Gasteiger partial charge in [-0.05, 0) is 18.2 Å². The van der Waals surface area contributed by atoms with Crippen molar-refractivity contribution in [3.63, 3.8) is 0 Å². The Bertz CT molecular complexity index is 794. The second-order valence-corrected chi connectivity index (χ2v) is 4.10. The first-order valence-corrected chi connectivity index (χ1v) is 5.75. The third-order valence-electron chi connectivity index (χ3n) is 2.87. The maximum atomic E-state index is 13.2. The molecule has 2 aromatic carbocycles. The highest BCUT2D eigenvalue weighted by molar-refractivity contribution is 5.78. The van der Waals surface area contributed by atoms with Crippen molar-refractivity contribution < 1.29 is 14.0 Å². The van der Waals surface area contributed by atoms with E-state index in [2.05, 4.69) is 5.16 Å². The Hall–Kier alpha value is -2.62. The molecule has 0 saturated heterocycles. The van der Waals surface area contributed by atoms with Gasteiger partial charge in [0.05, 0.1) is 0 Å². The average molecular weight is 255 g/mol. The molecule has 0 radical (unpaired) electrons. The summed E-state index contributed by atoms with van der Waals surface area (Å²) in [6.45, 7) is 0. The highest BCUT2D eigenvalue weighted by Gasteiger charge is 2.06. The smallest absolute Gasteiger partial charge is 0.137 e. The van der Waals surface area contributed by atoms with Gasteiger partial charge in [-0.15, -0.1) is 0 Å². The van der Waals surface area contributed by atoms with Gasteiger partial charge >= 0.3 is 0 Å². The van der Waals surface area contributed by atoms with Crippen molar-refractivity contribution in [1.82, 2.24) is 0 Å². The van der Waals surface area contributed by atoms with E-state index in [4.69, 9.17) is 9.62 Å². The first-order valence-electron chi connectivity index (χ1n) is 5.75. The molecule has 0 aliphatic rings. The van der Waals surface area contributed by atoms with Gasteiger partial charge in [0.15, 0.2) is 0 Å². The fraction of sp³-hybridized carbons (Fsp3) is 0. The van der Waals surface area contributed by atoms with Crippen LogP contribution >= 0.6 is 0 Å². The van der Waals surface area contributed by atoms with Crippen LogP contribution in [0.2, 0.25) is 0 Å². The van der Waals surface area contributed by atoms with Crippen LogP contribution in [0, 0.1) is 5.82 Å². The van der Waals surface area contributed by atoms with Crippen LogP contribution in [0.5, 0.6) is 0 Å². The van der Waals surface area contributed by atoms with Crippen LogP contribution in [0.3, 0.4) is 0 Å². The molecule has 0 amide bonds. The Labute approximate surface area is 108 Å². The molecule has 1 aromatic heterocycles. The Morgan fingerprint density at radius 1 is 1.00 bits per heavy atom. The first kappa shape index (κ1) is 11.5. The van der Waals surface area contributed by atoms with Crippen LogP contribution in [0.4, 0.5) is 4.39 Å². The molecule has 3 aromatic rings. The standard InChI is InChI=1S/C15H10FNO2/c16-11-6-7-14-12(8-11)13(17-18)9-15(19-14)10-4-2-1-3-5-10/h1-9,18H/b17-13-. The Morgan fingerprint density at radius 3 is 2.53 bits per heavy atom. The molecule has 3 nitrogen and oxygen atoms in total. The largest absolute Gasteiger partial charge is 0.456 e. The Morgan fingerprint density at radius 2 is 1.79 bits per heavy atom. The normalized spacial score (nSPS) is 11.9. The van der Waals surface area contributed by atoms with E-state index in [1.165, 1.54) is 18.2 Å². The van der Waals surface area contributed by atoms with E-state index < -0.39 is 5.82 Å². The van der Waals surface area contributed by atoms with Gasteiger partial charge in [-0.25, -0.2) is 4.39 Å². The highest BCUT2D eigenvalue weighted by atomic mass is 19.1. The minimum Gasteiger partial charge on any atom is -0.456 e. The van der Waals surface area contributed by atoms with Gasteiger partial charge in [0, 0.05) is 17.0 Å². The molecular formula is C15H10FNO2. The molecule has 0 fully saturated rings. The van der Waals surface area contributed by atoms with Gasteiger partial charge in [-0.1, -0.05) is 35.5 Å². The molecule has 0 saturated carbocycles. The Balaban J connectivity index is 2.33. The van der Waals surface area contributed by atoms with E-state index in [1.54, 1.807) is 6.07 Å². The van der Waals surface area contributed by atoms with E-state index in [-0.39, 0.29) is 5.36 Å². The zero-order valence-electron chi connectivity index (χ0n) is 9.88. The first-order chi connectivity index (χ1) is 9.28. The van der Waals surface area contributed by atoms with Crippen molar-refractivity contribution in [1.29, 1.82) is 0 Å². The third kappa shape index (κ3) is 2.08. The van der Waals surface area contributed by atoms with Gasteiger partial charge < -0.3 is 9.62 Å². The molecular weight excluding hydrogens is 245 g/mol. The molecule has 4 heteroatoms. The number of nitrogens with zero attached hydrogens (tertiary/aromatic N) is 1. The minimum absolute atomic E-state index is 0.277. The van der Waals surface area contributed by atoms with Crippen LogP contribution in [-0.4, -0.2) is 5.21 Å². The molecule has 19 heavy (non-hydrogen) atoms. The number of hydrogen-bond acceptors (Lipinski definition) is 3. The molecule has 3 rings (SSSR count). The second kappa shape index (κ2) is 4.57. The number of benzene rings is 2. The summed E-state index contributed by atoms with van der Waals surface area (Å²) in [5.41, 5.74) is 1.33. The molecule has 0 atom stereocenters. The molecule has 0 aliphatic heterocycles. The number of halogens is 1. The number of rotatable bonds is 1. The maximum absolute atomic E-state index is 13.2. The molecule has 0 spiro atoms. The summed E-state index contributed by atoms with van der Waals surface area (Å²) in [5.74, 6) is 0.160. The van der Waals surface area contributed by atoms with E-state index in [1.807, 2.05) is 30.3 Å². The zero-order valence-corrected chi connectivity index (χ0v) is 9.88. The highest BCUT2D eigenvalue weighted by Crippen LogP contribution is 2.22. The molecule has 0 aliphatic carbocycles. The molecule has 1 N–H and O–H groups in total. The molecule has 94 valence electrons. The van der Waals surface area contributed by atoms with Crippen molar-refractivity contribution in [3.05, 3.63) is 65.8 Å². The topological polar surface area (TPSA) is 45.7 Å². The fourth-order valence-electron chi connectivity index (χ4n) is 1.97. The quantitative estimate of drug-likeness (QED) is 0.534. The third-order valence-corrected chi connectivity index (χ3v) is 2.87. The van der Waals surface area contributed by atoms with Crippen LogP contribution in [-0.2, 0) is 0 Å². The van der Waals surface area contributed by atoms with Crippen LogP contribution < -0.4 is 5.36 Å². The molecule has 1 heterocycles. The van der Waals surface area contributed by atoms with Gasteiger partial charge in [-0.2, -0.15) is 0 Å². The Kier molecular flexibility index (Phi) is 2.76. The van der Waals surface area contributed by atoms with E-state index >= 15 is 0 Å². The minimum atomic E-state index is -0.403. The van der Waals surface area contributed by atoms with Gasteiger partial charge in [0.2, 0.25) is 0 Å². The monoisotopic (exact) mass is 255 g/mol. The van der Waals surface area contributed by atoms with Gasteiger partial charge in [0.25, 0.3) is 0 Å². The summed E-state index contributed by atoms with van der Waals surface area (Å²) >= 11 is 0. The number of fused-ring (bicyclic) bond motifs is 1. The van der Waals surface area contributed by atoms with Crippen molar-refractivity contribution >= 4 is 11.0 Å². The zero-order chi connectivity index (χ0) is 13.2. The summed E-state index contributed by atoms with van der Waals surface area (Å²) in [4.78, 5) is 0. The van der Waals surface area contributed by atoms with Gasteiger partial charge in [-0.3, -0.25) is 0 Å². The molecule has 0 unspecified atom stereocenters. The lowest BCUT2D eigenvalue weighted by Gasteiger charge is -2.04. The van der Waals surface area contributed by atoms with E-state index in [0.29, 0.717) is 16.7 Å². The lowest BCUT2D eigenvalue weighted by Crippen LogP contribution is -2.03.